The summed E-state index contributed by atoms with van der Waals surface area (Å²) < 4.78 is 19.1. The molecular formula is C14H16ClFO. The van der Waals surface area contributed by atoms with Crippen LogP contribution in [0.3, 0.4) is 0 Å². The maximum absolute atomic E-state index is 14.1. The summed E-state index contributed by atoms with van der Waals surface area (Å²) in [6.45, 7) is 2.21. The van der Waals surface area contributed by atoms with E-state index in [2.05, 4.69) is 13.0 Å². The monoisotopic (exact) mass is 254 g/mol. The zero-order valence-corrected chi connectivity index (χ0v) is 10.9. The molecule has 2 rings (SSSR count). The summed E-state index contributed by atoms with van der Waals surface area (Å²) >= 11 is 5.92. The third kappa shape index (κ3) is 2.47. The topological polar surface area (TPSA) is 9.23 Å². The van der Waals surface area contributed by atoms with Crippen molar-refractivity contribution in [2.45, 2.75) is 26.2 Å². The zero-order valence-electron chi connectivity index (χ0n) is 10.1. The summed E-state index contributed by atoms with van der Waals surface area (Å²) in [7, 11) is 1.49. The molecule has 1 unspecified atom stereocenters. The van der Waals surface area contributed by atoms with E-state index in [0.29, 0.717) is 17.2 Å². The number of methoxy groups -OCH3 is 1. The molecule has 0 fully saturated rings. The van der Waals surface area contributed by atoms with Crippen LogP contribution < -0.4 is 4.74 Å². The molecule has 0 bridgehead atoms. The van der Waals surface area contributed by atoms with Crippen molar-refractivity contribution in [3.8, 4) is 5.75 Å². The Morgan fingerprint density at radius 2 is 2.18 bits per heavy atom. The van der Waals surface area contributed by atoms with Crippen LogP contribution in [0.15, 0.2) is 18.2 Å². The van der Waals surface area contributed by atoms with Gasteiger partial charge in [-0.1, -0.05) is 24.6 Å². The second-order valence-electron chi connectivity index (χ2n) is 4.55. The molecule has 92 valence electrons. The van der Waals surface area contributed by atoms with Gasteiger partial charge in [0.15, 0.2) is 5.82 Å². The SMILES string of the molecule is COc1ccc(C2=CCC(C)CC2)c(F)c1Cl. The average Bonchev–Trinajstić information content (AvgIpc) is 2.34. The van der Waals surface area contributed by atoms with Crippen LogP contribution in [0.25, 0.3) is 5.57 Å². The van der Waals surface area contributed by atoms with Gasteiger partial charge in [-0.15, -0.1) is 0 Å². The number of allylic oxidation sites excluding steroid dienone is 2. The third-order valence-electron chi connectivity index (χ3n) is 3.29. The van der Waals surface area contributed by atoms with Gasteiger partial charge in [-0.3, -0.25) is 0 Å². The molecule has 17 heavy (non-hydrogen) atoms. The number of hydrogen-bond acceptors (Lipinski definition) is 1. The van der Waals surface area contributed by atoms with Gasteiger partial charge in [0.2, 0.25) is 0 Å². The lowest BCUT2D eigenvalue weighted by Crippen LogP contribution is -2.03. The quantitative estimate of drug-likeness (QED) is 0.744. The Bertz CT molecular complexity index is 454. The molecule has 1 aliphatic carbocycles. The van der Waals surface area contributed by atoms with Crippen LogP contribution in [0.2, 0.25) is 5.02 Å². The molecule has 1 atom stereocenters. The van der Waals surface area contributed by atoms with E-state index in [4.69, 9.17) is 16.3 Å². The molecule has 0 radical (unpaired) electrons. The summed E-state index contributed by atoms with van der Waals surface area (Å²) in [5.74, 6) is 0.708. The molecule has 0 aliphatic heterocycles. The van der Waals surface area contributed by atoms with Crippen LogP contribution in [0, 0.1) is 11.7 Å². The molecule has 0 saturated carbocycles. The first-order chi connectivity index (χ1) is 8.13. The Kier molecular flexibility index (Phi) is 3.72. The van der Waals surface area contributed by atoms with Crippen molar-refractivity contribution in [1.29, 1.82) is 0 Å². The van der Waals surface area contributed by atoms with E-state index in [1.54, 1.807) is 12.1 Å². The number of halogens is 2. The highest BCUT2D eigenvalue weighted by Gasteiger charge is 2.18. The van der Waals surface area contributed by atoms with Crippen molar-refractivity contribution in [3.63, 3.8) is 0 Å². The maximum Gasteiger partial charge on any atom is 0.153 e. The minimum Gasteiger partial charge on any atom is -0.495 e. The van der Waals surface area contributed by atoms with Gasteiger partial charge in [0.1, 0.15) is 10.8 Å². The molecule has 0 N–H and O–H groups in total. The fourth-order valence-electron chi connectivity index (χ4n) is 2.15. The standard InChI is InChI=1S/C14H16ClFO/c1-9-3-5-10(6-4-9)11-7-8-12(17-2)13(15)14(11)16/h5,7-9H,3-4,6H2,1-2H3. The Labute approximate surface area is 106 Å². The van der Waals surface area contributed by atoms with Crippen LogP contribution >= 0.6 is 11.6 Å². The van der Waals surface area contributed by atoms with E-state index in [-0.39, 0.29) is 10.8 Å². The second kappa shape index (κ2) is 5.09. The van der Waals surface area contributed by atoms with Gasteiger partial charge in [0.05, 0.1) is 7.11 Å². The van der Waals surface area contributed by atoms with Crippen LogP contribution in [-0.2, 0) is 0 Å². The number of hydrogen-bond donors (Lipinski definition) is 0. The van der Waals surface area contributed by atoms with Crippen molar-refractivity contribution >= 4 is 17.2 Å². The molecule has 3 heteroatoms. The predicted molar refractivity (Wildman–Crippen MR) is 69.0 cm³/mol. The van der Waals surface area contributed by atoms with Gasteiger partial charge >= 0.3 is 0 Å². The summed E-state index contributed by atoms with van der Waals surface area (Å²) in [4.78, 5) is 0. The first-order valence-electron chi connectivity index (χ1n) is 5.85. The van der Waals surface area contributed by atoms with Crippen LogP contribution in [0.4, 0.5) is 4.39 Å². The maximum atomic E-state index is 14.1. The Morgan fingerprint density at radius 3 is 2.76 bits per heavy atom. The minimum atomic E-state index is -0.369. The largest absolute Gasteiger partial charge is 0.495 e. The van der Waals surface area contributed by atoms with Gasteiger partial charge in [-0.05, 0) is 42.9 Å². The minimum absolute atomic E-state index is 0.0736. The Hall–Kier alpha value is -1.02. The molecule has 0 amide bonds. The van der Waals surface area contributed by atoms with Crippen molar-refractivity contribution < 1.29 is 9.13 Å². The van der Waals surface area contributed by atoms with E-state index in [1.807, 2.05) is 0 Å². The number of ether oxygens (including phenoxy) is 1. The van der Waals surface area contributed by atoms with Crippen LogP contribution in [0.5, 0.6) is 5.75 Å². The summed E-state index contributed by atoms with van der Waals surface area (Å²) in [5.41, 5.74) is 1.67. The molecule has 0 spiro atoms. The van der Waals surface area contributed by atoms with Crippen molar-refractivity contribution in [1.82, 2.24) is 0 Å². The third-order valence-corrected chi connectivity index (χ3v) is 3.64. The van der Waals surface area contributed by atoms with Crippen molar-refractivity contribution in [2.24, 2.45) is 5.92 Å². The molecule has 1 aromatic carbocycles. The van der Waals surface area contributed by atoms with E-state index in [0.717, 1.165) is 24.8 Å². The highest BCUT2D eigenvalue weighted by Crippen LogP contribution is 2.36. The van der Waals surface area contributed by atoms with Gasteiger partial charge in [0, 0.05) is 5.56 Å². The normalized spacial score (nSPS) is 20.0. The first kappa shape index (κ1) is 12.4. The van der Waals surface area contributed by atoms with E-state index in [1.165, 1.54) is 7.11 Å². The van der Waals surface area contributed by atoms with E-state index in [9.17, 15) is 4.39 Å². The van der Waals surface area contributed by atoms with Gasteiger partial charge in [-0.25, -0.2) is 4.39 Å². The van der Waals surface area contributed by atoms with Gasteiger partial charge < -0.3 is 4.74 Å². The summed E-state index contributed by atoms with van der Waals surface area (Å²) in [6.07, 6.45) is 5.16. The van der Waals surface area contributed by atoms with Crippen molar-refractivity contribution in [3.05, 3.63) is 34.6 Å². The highest BCUT2D eigenvalue weighted by atomic mass is 35.5. The predicted octanol–water partition coefficient (Wildman–Crippen LogP) is 4.69. The Morgan fingerprint density at radius 1 is 1.41 bits per heavy atom. The summed E-state index contributed by atoms with van der Waals surface area (Å²) in [5, 5.41) is 0.0736. The van der Waals surface area contributed by atoms with Gasteiger partial charge in [0.25, 0.3) is 0 Å². The van der Waals surface area contributed by atoms with Gasteiger partial charge in [-0.2, -0.15) is 0 Å². The van der Waals surface area contributed by atoms with Crippen molar-refractivity contribution in [2.75, 3.05) is 7.11 Å². The molecule has 0 saturated heterocycles. The molecule has 0 aromatic heterocycles. The zero-order chi connectivity index (χ0) is 12.4. The fourth-order valence-corrected chi connectivity index (χ4v) is 2.39. The van der Waals surface area contributed by atoms with E-state index < -0.39 is 0 Å². The lowest BCUT2D eigenvalue weighted by molar-refractivity contribution is 0.411. The fraction of sp³-hybridized carbons (Fsp3) is 0.429. The molecule has 1 aliphatic rings. The number of rotatable bonds is 2. The second-order valence-corrected chi connectivity index (χ2v) is 4.93. The molecule has 0 heterocycles. The molecule has 1 nitrogen and oxygen atoms in total. The molecule has 1 aromatic rings. The van der Waals surface area contributed by atoms with Crippen LogP contribution in [-0.4, -0.2) is 7.11 Å². The summed E-state index contributed by atoms with van der Waals surface area (Å²) in [6, 6.07) is 3.47. The van der Waals surface area contributed by atoms with Crippen LogP contribution in [0.1, 0.15) is 31.7 Å². The Balaban J connectivity index is 2.37. The number of benzene rings is 1. The molecular weight excluding hydrogens is 239 g/mol. The smallest absolute Gasteiger partial charge is 0.153 e. The lowest BCUT2D eigenvalue weighted by atomic mass is 9.87. The van der Waals surface area contributed by atoms with E-state index >= 15 is 0 Å². The lowest BCUT2D eigenvalue weighted by Gasteiger charge is -2.19. The highest BCUT2D eigenvalue weighted by molar-refractivity contribution is 6.32. The average molecular weight is 255 g/mol. The first-order valence-corrected chi connectivity index (χ1v) is 6.22.